The topological polar surface area (TPSA) is 26.2 Å². The van der Waals surface area contributed by atoms with Crippen molar-refractivity contribution in [3.8, 4) is 16.9 Å². The fourth-order valence-electron chi connectivity index (χ4n) is 4.12. The number of hydrogen-bond acceptors (Lipinski definition) is 2. The first-order valence-corrected chi connectivity index (χ1v) is 8.50. The van der Waals surface area contributed by atoms with Crippen LogP contribution >= 0.6 is 0 Å². The highest BCUT2D eigenvalue weighted by atomic mass is 19.1. The maximum absolute atomic E-state index is 14.4. The lowest BCUT2D eigenvalue weighted by atomic mass is 9.99. The number of ether oxygens (including phenoxy) is 1. The molecular weight excluding hydrogens is 303 g/mol. The third-order valence-corrected chi connectivity index (χ3v) is 5.31. The molecule has 3 heterocycles. The molecule has 0 saturated heterocycles. The van der Waals surface area contributed by atoms with Crippen LogP contribution in [0.1, 0.15) is 16.8 Å². The quantitative estimate of drug-likeness (QED) is 0.738. The molecule has 0 spiro atoms. The molecule has 0 bridgehead atoms. The number of fused-ring (bicyclic) bond motifs is 4. The van der Waals surface area contributed by atoms with Crippen LogP contribution in [0.3, 0.4) is 0 Å². The van der Waals surface area contributed by atoms with Crippen molar-refractivity contribution in [3.63, 3.8) is 0 Å². The highest BCUT2D eigenvalue weighted by molar-refractivity contribution is 5.98. The van der Waals surface area contributed by atoms with E-state index in [0.29, 0.717) is 0 Å². The molecule has 3 nitrogen and oxygen atoms in total. The number of benzene rings is 2. The van der Waals surface area contributed by atoms with Gasteiger partial charge >= 0.3 is 0 Å². The fraction of sp³-hybridized carbons (Fsp3) is 0.300. The second kappa shape index (κ2) is 5.08. The van der Waals surface area contributed by atoms with Gasteiger partial charge in [0.15, 0.2) is 0 Å². The van der Waals surface area contributed by atoms with E-state index in [-0.39, 0.29) is 5.82 Å². The van der Waals surface area contributed by atoms with Gasteiger partial charge in [0.1, 0.15) is 11.6 Å². The second-order valence-electron chi connectivity index (χ2n) is 6.67. The lowest BCUT2D eigenvalue weighted by molar-refractivity contribution is 0.357. The van der Waals surface area contributed by atoms with E-state index in [1.165, 1.54) is 16.8 Å². The Morgan fingerprint density at radius 3 is 3.04 bits per heavy atom. The Balaban J connectivity index is 1.82. The lowest BCUT2D eigenvalue weighted by Gasteiger charge is -2.19. The third kappa shape index (κ3) is 1.93. The van der Waals surface area contributed by atoms with Gasteiger partial charge in [0.05, 0.1) is 12.1 Å². The summed E-state index contributed by atoms with van der Waals surface area (Å²) in [6, 6.07) is 9.58. The van der Waals surface area contributed by atoms with Crippen molar-refractivity contribution in [3.05, 3.63) is 53.0 Å². The van der Waals surface area contributed by atoms with E-state index in [1.54, 1.807) is 12.1 Å². The molecule has 2 aliphatic heterocycles. The number of aryl methyl sites for hydroxylation is 1. The molecule has 3 aromatic rings. The van der Waals surface area contributed by atoms with Crippen molar-refractivity contribution < 1.29 is 9.13 Å². The molecule has 0 amide bonds. The van der Waals surface area contributed by atoms with Crippen LogP contribution in [0.4, 0.5) is 4.39 Å². The van der Waals surface area contributed by atoms with Crippen molar-refractivity contribution in [1.82, 2.24) is 9.88 Å². The van der Waals surface area contributed by atoms with Crippen molar-refractivity contribution in [1.29, 1.82) is 0 Å². The van der Waals surface area contributed by atoms with Crippen LogP contribution in [0.15, 0.2) is 30.3 Å². The molecule has 4 heteroatoms. The number of rotatable bonds is 1. The van der Waals surface area contributed by atoms with Crippen LogP contribution in [-0.4, -0.2) is 17.7 Å². The molecule has 0 radical (unpaired) electrons. The highest BCUT2D eigenvalue weighted by Gasteiger charge is 2.22. The molecule has 1 aromatic heterocycles. The normalized spacial score (nSPS) is 16.1. The minimum Gasteiger partial charge on any atom is -0.493 e. The molecular formula is C20H19FN2O. The number of nitrogens with one attached hydrogen (secondary N) is 1. The van der Waals surface area contributed by atoms with E-state index in [9.17, 15) is 4.39 Å². The molecule has 2 aromatic carbocycles. The summed E-state index contributed by atoms with van der Waals surface area (Å²) >= 11 is 0. The van der Waals surface area contributed by atoms with Gasteiger partial charge in [0.2, 0.25) is 0 Å². The maximum atomic E-state index is 14.4. The predicted octanol–water partition coefficient (Wildman–Crippen LogP) is 3.79. The van der Waals surface area contributed by atoms with Crippen LogP contribution in [0.2, 0.25) is 0 Å². The van der Waals surface area contributed by atoms with Crippen LogP contribution in [-0.2, 0) is 19.5 Å². The second-order valence-corrected chi connectivity index (χ2v) is 6.67. The summed E-state index contributed by atoms with van der Waals surface area (Å²) in [5, 5.41) is 4.45. The zero-order valence-electron chi connectivity index (χ0n) is 13.7. The molecule has 0 fully saturated rings. The summed E-state index contributed by atoms with van der Waals surface area (Å²) in [6.07, 6.45) is 0.927. The average Bonchev–Trinajstić information content (AvgIpc) is 3.18. The predicted molar refractivity (Wildman–Crippen MR) is 93.0 cm³/mol. The minimum absolute atomic E-state index is 0.173. The zero-order chi connectivity index (χ0) is 16.3. The van der Waals surface area contributed by atoms with E-state index in [0.717, 1.165) is 60.4 Å². The number of aromatic nitrogens is 1. The van der Waals surface area contributed by atoms with E-state index in [4.69, 9.17) is 4.74 Å². The van der Waals surface area contributed by atoms with Crippen LogP contribution in [0, 0.1) is 12.7 Å². The largest absolute Gasteiger partial charge is 0.493 e. The monoisotopic (exact) mass is 322 g/mol. The molecule has 24 heavy (non-hydrogen) atoms. The molecule has 1 N–H and O–H groups in total. The summed E-state index contributed by atoms with van der Waals surface area (Å²) in [5.41, 5.74) is 6.88. The van der Waals surface area contributed by atoms with Gasteiger partial charge in [-0.25, -0.2) is 4.39 Å². The molecule has 0 aliphatic carbocycles. The van der Waals surface area contributed by atoms with Gasteiger partial charge in [-0.3, -0.25) is 0 Å². The van der Waals surface area contributed by atoms with Crippen molar-refractivity contribution in [2.75, 3.05) is 13.2 Å². The SMILES string of the molecule is Cc1c2n(c3c(-c4ccc5c(c4)CCO5)cc(F)cc13)CCNC2. The average molecular weight is 322 g/mol. The van der Waals surface area contributed by atoms with Gasteiger partial charge < -0.3 is 14.6 Å². The minimum atomic E-state index is -0.173. The highest BCUT2D eigenvalue weighted by Crippen LogP contribution is 2.38. The van der Waals surface area contributed by atoms with Crippen LogP contribution in [0.25, 0.3) is 22.0 Å². The number of nitrogens with zero attached hydrogens (tertiary/aromatic N) is 1. The Hall–Kier alpha value is -2.33. The van der Waals surface area contributed by atoms with Gasteiger partial charge in [-0.05, 0) is 47.9 Å². The summed E-state index contributed by atoms with van der Waals surface area (Å²) in [4.78, 5) is 0. The summed E-state index contributed by atoms with van der Waals surface area (Å²) in [5.74, 6) is 0.789. The van der Waals surface area contributed by atoms with E-state index in [2.05, 4.69) is 28.9 Å². The molecule has 0 atom stereocenters. The van der Waals surface area contributed by atoms with Gasteiger partial charge in [0.25, 0.3) is 0 Å². The van der Waals surface area contributed by atoms with E-state index >= 15 is 0 Å². The smallest absolute Gasteiger partial charge is 0.124 e. The Morgan fingerprint density at radius 1 is 1.21 bits per heavy atom. The number of hydrogen-bond donors (Lipinski definition) is 1. The Bertz CT molecular complexity index is 974. The number of halogens is 1. The summed E-state index contributed by atoms with van der Waals surface area (Å²) in [7, 11) is 0. The molecule has 0 unspecified atom stereocenters. The molecule has 2 aliphatic rings. The maximum Gasteiger partial charge on any atom is 0.124 e. The Morgan fingerprint density at radius 2 is 2.12 bits per heavy atom. The van der Waals surface area contributed by atoms with Gasteiger partial charge in [-0.1, -0.05) is 6.07 Å². The first-order chi connectivity index (χ1) is 11.7. The lowest BCUT2D eigenvalue weighted by Crippen LogP contribution is -2.28. The molecule has 5 rings (SSSR count). The van der Waals surface area contributed by atoms with E-state index < -0.39 is 0 Å². The van der Waals surface area contributed by atoms with Gasteiger partial charge in [-0.15, -0.1) is 0 Å². The van der Waals surface area contributed by atoms with Gasteiger partial charge in [-0.2, -0.15) is 0 Å². The van der Waals surface area contributed by atoms with Crippen molar-refractivity contribution in [2.45, 2.75) is 26.4 Å². The third-order valence-electron chi connectivity index (χ3n) is 5.31. The van der Waals surface area contributed by atoms with Gasteiger partial charge in [0, 0.05) is 42.7 Å². The van der Waals surface area contributed by atoms with Crippen LogP contribution in [0.5, 0.6) is 5.75 Å². The molecule has 122 valence electrons. The van der Waals surface area contributed by atoms with Crippen molar-refractivity contribution >= 4 is 10.9 Å². The summed E-state index contributed by atoms with van der Waals surface area (Å²) < 4.78 is 22.3. The first-order valence-electron chi connectivity index (χ1n) is 8.50. The van der Waals surface area contributed by atoms with E-state index in [1.807, 2.05) is 6.07 Å². The molecule has 0 saturated carbocycles. The Kier molecular flexibility index (Phi) is 2.98. The fourth-order valence-corrected chi connectivity index (χ4v) is 4.12. The Labute approximate surface area is 140 Å². The zero-order valence-corrected chi connectivity index (χ0v) is 13.7. The first kappa shape index (κ1) is 14.1. The summed E-state index contributed by atoms with van der Waals surface area (Å²) in [6.45, 7) is 5.56. The van der Waals surface area contributed by atoms with Crippen molar-refractivity contribution in [2.24, 2.45) is 0 Å². The standard InChI is InChI=1S/C20H19FN2O/c1-12-16-9-15(21)10-17(20(16)23-6-5-22-11-18(12)23)13-2-3-19-14(8-13)4-7-24-19/h2-3,8-10,22H,4-7,11H2,1H3. The van der Waals surface area contributed by atoms with Crippen LogP contribution < -0.4 is 10.1 Å².